The third kappa shape index (κ3) is 4.10. The van der Waals surface area contributed by atoms with E-state index in [0.717, 1.165) is 11.4 Å². The molecule has 1 aromatic carbocycles. The van der Waals surface area contributed by atoms with Crippen LogP contribution in [0.5, 0.6) is 5.75 Å². The Morgan fingerprint density at radius 3 is 2.58 bits per heavy atom. The maximum absolute atomic E-state index is 9.94. The Morgan fingerprint density at radius 1 is 1.21 bits per heavy atom. The summed E-state index contributed by atoms with van der Waals surface area (Å²) in [5.74, 6) is 0.772. The van der Waals surface area contributed by atoms with Crippen LogP contribution in [0.4, 0.5) is 0 Å². The van der Waals surface area contributed by atoms with Gasteiger partial charge in [0.25, 0.3) is 0 Å². The Labute approximate surface area is 113 Å². The molecule has 0 aliphatic heterocycles. The average Bonchev–Trinajstić information content (AvgIpc) is 2.86. The second-order valence-electron chi connectivity index (χ2n) is 4.86. The molecule has 2 aromatic rings. The van der Waals surface area contributed by atoms with E-state index < -0.39 is 6.10 Å². The summed E-state index contributed by atoms with van der Waals surface area (Å²) >= 11 is 0. The van der Waals surface area contributed by atoms with Gasteiger partial charge >= 0.3 is 0 Å². The quantitative estimate of drug-likeness (QED) is 0.867. The van der Waals surface area contributed by atoms with Crippen LogP contribution < -0.4 is 4.74 Å². The number of para-hydroxylation sites is 1. The van der Waals surface area contributed by atoms with E-state index >= 15 is 0 Å². The van der Waals surface area contributed by atoms with Crippen LogP contribution in [0.15, 0.2) is 42.6 Å². The average molecular weight is 260 g/mol. The van der Waals surface area contributed by atoms with Crippen LogP contribution in [0.1, 0.15) is 25.6 Å². The van der Waals surface area contributed by atoms with E-state index in [9.17, 15) is 5.11 Å². The summed E-state index contributed by atoms with van der Waals surface area (Å²) in [5, 5.41) is 14.3. The van der Waals surface area contributed by atoms with Crippen molar-refractivity contribution in [2.24, 2.45) is 0 Å². The van der Waals surface area contributed by atoms with E-state index in [2.05, 4.69) is 18.9 Å². The fourth-order valence-corrected chi connectivity index (χ4v) is 1.78. The van der Waals surface area contributed by atoms with Gasteiger partial charge < -0.3 is 9.84 Å². The third-order valence-corrected chi connectivity index (χ3v) is 2.82. The number of nitrogens with zero attached hydrogens (tertiary/aromatic N) is 2. The van der Waals surface area contributed by atoms with Crippen LogP contribution in [-0.4, -0.2) is 27.6 Å². The molecule has 1 atom stereocenters. The van der Waals surface area contributed by atoms with Crippen LogP contribution in [0, 0.1) is 0 Å². The van der Waals surface area contributed by atoms with Gasteiger partial charge in [0.05, 0.1) is 11.8 Å². The molecule has 19 heavy (non-hydrogen) atoms. The van der Waals surface area contributed by atoms with Crippen molar-refractivity contribution in [3.05, 3.63) is 48.3 Å². The fourth-order valence-electron chi connectivity index (χ4n) is 1.78. The summed E-state index contributed by atoms with van der Waals surface area (Å²) < 4.78 is 7.40. The molecule has 0 saturated heterocycles. The lowest BCUT2D eigenvalue weighted by atomic mass is 10.2. The van der Waals surface area contributed by atoms with Gasteiger partial charge in [-0.15, -0.1) is 0 Å². The molecule has 2 rings (SSSR count). The van der Waals surface area contributed by atoms with Gasteiger partial charge in [0.2, 0.25) is 0 Å². The Bertz CT molecular complexity index is 494. The van der Waals surface area contributed by atoms with Crippen molar-refractivity contribution in [1.82, 2.24) is 9.78 Å². The van der Waals surface area contributed by atoms with Gasteiger partial charge in [-0.3, -0.25) is 4.68 Å². The van der Waals surface area contributed by atoms with Crippen LogP contribution in [0.25, 0.3) is 0 Å². The van der Waals surface area contributed by atoms with Gasteiger partial charge in [0.1, 0.15) is 12.4 Å². The number of rotatable bonds is 6. The predicted octanol–water partition coefficient (Wildman–Crippen LogP) is 2.45. The van der Waals surface area contributed by atoms with Gasteiger partial charge in [-0.1, -0.05) is 18.2 Å². The molecule has 4 heteroatoms. The van der Waals surface area contributed by atoms with Gasteiger partial charge in [-0.2, -0.15) is 5.10 Å². The summed E-state index contributed by atoms with van der Waals surface area (Å²) in [6.07, 6.45) is 1.90. The van der Waals surface area contributed by atoms with E-state index in [1.807, 2.05) is 47.3 Å². The van der Waals surface area contributed by atoms with E-state index in [1.165, 1.54) is 0 Å². The maximum atomic E-state index is 9.94. The summed E-state index contributed by atoms with van der Waals surface area (Å²) in [5.41, 5.74) is 0.887. The number of aliphatic hydroxyl groups is 1. The molecule has 0 aliphatic carbocycles. The highest BCUT2D eigenvalue weighted by Gasteiger charge is 2.10. The van der Waals surface area contributed by atoms with Crippen LogP contribution in [0.2, 0.25) is 0 Å². The van der Waals surface area contributed by atoms with Crippen molar-refractivity contribution in [3.63, 3.8) is 0 Å². The highest BCUT2D eigenvalue weighted by molar-refractivity contribution is 5.20. The lowest BCUT2D eigenvalue weighted by Crippen LogP contribution is -2.20. The number of hydrogen-bond acceptors (Lipinski definition) is 3. The molecule has 0 spiro atoms. The Morgan fingerprint density at radius 2 is 1.95 bits per heavy atom. The Hall–Kier alpha value is -1.81. The molecule has 0 saturated carbocycles. The molecule has 1 unspecified atom stereocenters. The second-order valence-corrected chi connectivity index (χ2v) is 4.86. The number of hydrogen-bond donors (Lipinski definition) is 1. The molecular formula is C15H20N2O2. The zero-order chi connectivity index (χ0) is 13.7. The minimum Gasteiger partial charge on any atom is -0.491 e. The highest BCUT2D eigenvalue weighted by Crippen LogP contribution is 2.10. The normalized spacial score (nSPS) is 12.6. The fraction of sp³-hybridized carbons (Fsp3) is 0.400. The third-order valence-electron chi connectivity index (χ3n) is 2.82. The lowest BCUT2D eigenvalue weighted by molar-refractivity contribution is 0.107. The lowest BCUT2D eigenvalue weighted by Gasteiger charge is -2.11. The Kier molecular flexibility index (Phi) is 4.58. The number of aromatic nitrogens is 2. The molecule has 1 N–H and O–H groups in total. The predicted molar refractivity (Wildman–Crippen MR) is 74.3 cm³/mol. The van der Waals surface area contributed by atoms with Crippen molar-refractivity contribution in [1.29, 1.82) is 0 Å². The van der Waals surface area contributed by atoms with E-state index in [0.29, 0.717) is 12.5 Å². The van der Waals surface area contributed by atoms with Crippen LogP contribution in [-0.2, 0) is 6.42 Å². The number of ether oxygens (including phenoxy) is 1. The van der Waals surface area contributed by atoms with E-state index in [1.54, 1.807) is 0 Å². The van der Waals surface area contributed by atoms with Crippen molar-refractivity contribution >= 4 is 0 Å². The maximum Gasteiger partial charge on any atom is 0.119 e. The molecule has 0 bridgehead atoms. The zero-order valence-electron chi connectivity index (χ0n) is 11.4. The first kappa shape index (κ1) is 13.6. The molecule has 0 fully saturated rings. The largest absolute Gasteiger partial charge is 0.491 e. The van der Waals surface area contributed by atoms with Crippen molar-refractivity contribution in [2.75, 3.05) is 6.61 Å². The molecule has 0 aliphatic rings. The summed E-state index contributed by atoms with van der Waals surface area (Å²) in [4.78, 5) is 0. The monoisotopic (exact) mass is 260 g/mol. The smallest absolute Gasteiger partial charge is 0.119 e. The van der Waals surface area contributed by atoms with E-state index in [-0.39, 0.29) is 6.61 Å². The minimum absolute atomic E-state index is 0.276. The summed E-state index contributed by atoms with van der Waals surface area (Å²) in [7, 11) is 0. The van der Waals surface area contributed by atoms with Gasteiger partial charge in [0, 0.05) is 18.7 Å². The molecule has 1 heterocycles. The van der Waals surface area contributed by atoms with Crippen molar-refractivity contribution in [3.8, 4) is 5.75 Å². The zero-order valence-corrected chi connectivity index (χ0v) is 11.4. The molecule has 102 valence electrons. The molecule has 0 amide bonds. The first-order chi connectivity index (χ1) is 9.15. The first-order valence-corrected chi connectivity index (χ1v) is 6.55. The van der Waals surface area contributed by atoms with Gasteiger partial charge in [-0.25, -0.2) is 0 Å². The van der Waals surface area contributed by atoms with Crippen LogP contribution in [0.3, 0.4) is 0 Å². The van der Waals surface area contributed by atoms with Gasteiger partial charge in [0.15, 0.2) is 0 Å². The topological polar surface area (TPSA) is 47.3 Å². The first-order valence-electron chi connectivity index (χ1n) is 6.55. The van der Waals surface area contributed by atoms with Crippen molar-refractivity contribution < 1.29 is 9.84 Å². The van der Waals surface area contributed by atoms with Gasteiger partial charge in [-0.05, 0) is 32.0 Å². The van der Waals surface area contributed by atoms with Crippen molar-refractivity contribution in [2.45, 2.75) is 32.4 Å². The summed E-state index contributed by atoms with van der Waals surface area (Å²) in [6, 6.07) is 11.8. The van der Waals surface area contributed by atoms with E-state index in [4.69, 9.17) is 4.74 Å². The highest BCUT2D eigenvalue weighted by atomic mass is 16.5. The standard InChI is InChI=1S/C15H20N2O2/c1-12(2)17-9-8-13(16-17)10-14(18)11-19-15-6-4-3-5-7-15/h3-9,12,14,18H,10-11H2,1-2H3. The molecular weight excluding hydrogens is 240 g/mol. The Balaban J connectivity index is 1.82. The second kappa shape index (κ2) is 6.38. The number of aliphatic hydroxyl groups excluding tert-OH is 1. The number of benzene rings is 1. The van der Waals surface area contributed by atoms with Crippen LogP contribution >= 0.6 is 0 Å². The molecule has 0 radical (unpaired) electrons. The minimum atomic E-state index is -0.546. The molecule has 1 aromatic heterocycles. The summed E-state index contributed by atoms with van der Waals surface area (Å²) in [6.45, 7) is 4.43. The SMILES string of the molecule is CC(C)n1ccc(CC(O)COc2ccccc2)n1. The molecule has 4 nitrogen and oxygen atoms in total.